The van der Waals surface area contributed by atoms with Crippen molar-refractivity contribution in [2.75, 3.05) is 73.6 Å². The van der Waals surface area contributed by atoms with E-state index in [-0.39, 0.29) is 5.91 Å². The first-order valence-electron chi connectivity index (χ1n) is 8.44. The molecule has 0 aromatic heterocycles. The molecular formula is C16H35N5O2. The second-order valence-corrected chi connectivity index (χ2v) is 5.45. The van der Waals surface area contributed by atoms with Crippen molar-refractivity contribution < 1.29 is 9.53 Å². The van der Waals surface area contributed by atoms with Crippen LogP contribution in [0.25, 0.3) is 0 Å². The predicted molar refractivity (Wildman–Crippen MR) is 95.9 cm³/mol. The van der Waals surface area contributed by atoms with Gasteiger partial charge in [0.15, 0.2) is 5.96 Å². The van der Waals surface area contributed by atoms with Crippen molar-refractivity contribution in [3.63, 3.8) is 0 Å². The van der Waals surface area contributed by atoms with E-state index >= 15 is 0 Å². The van der Waals surface area contributed by atoms with Gasteiger partial charge in [-0.2, -0.15) is 0 Å². The van der Waals surface area contributed by atoms with Crippen LogP contribution >= 0.6 is 0 Å². The molecule has 0 fully saturated rings. The van der Waals surface area contributed by atoms with Crippen molar-refractivity contribution in [1.82, 2.24) is 20.0 Å². The molecule has 7 nitrogen and oxygen atoms in total. The zero-order valence-corrected chi connectivity index (χ0v) is 15.8. The van der Waals surface area contributed by atoms with Crippen LogP contribution in [-0.4, -0.2) is 100 Å². The largest absolute Gasteiger partial charge is 0.383 e. The average molecular weight is 329 g/mol. The van der Waals surface area contributed by atoms with Crippen molar-refractivity contribution in [1.29, 1.82) is 0 Å². The number of likely N-dealkylation sites (N-methyl/N-ethyl adjacent to an activating group) is 3. The molecule has 0 atom stereocenters. The Labute approximate surface area is 141 Å². The fourth-order valence-electron chi connectivity index (χ4n) is 2.11. The minimum atomic E-state index is 0.125. The van der Waals surface area contributed by atoms with Crippen LogP contribution in [0.3, 0.4) is 0 Å². The highest BCUT2D eigenvalue weighted by Gasteiger charge is 2.14. The van der Waals surface area contributed by atoms with E-state index in [1.165, 1.54) is 0 Å². The van der Waals surface area contributed by atoms with Gasteiger partial charge in [0.1, 0.15) is 0 Å². The lowest BCUT2D eigenvalue weighted by Gasteiger charge is -2.26. The number of methoxy groups -OCH3 is 1. The lowest BCUT2D eigenvalue weighted by atomic mass is 10.4. The minimum absolute atomic E-state index is 0.125. The van der Waals surface area contributed by atoms with Gasteiger partial charge >= 0.3 is 0 Å². The zero-order chi connectivity index (χ0) is 17.7. The highest BCUT2D eigenvalue weighted by molar-refractivity contribution is 5.86. The number of aliphatic imine (C=N–C) groups is 1. The Morgan fingerprint density at radius 2 is 1.78 bits per heavy atom. The third-order valence-corrected chi connectivity index (χ3v) is 3.61. The van der Waals surface area contributed by atoms with Gasteiger partial charge in [-0.15, -0.1) is 0 Å². The molecule has 0 bridgehead atoms. The third kappa shape index (κ3) is 9.40. The average Bonchev–Trinajstić information content (AvgIpc) is 2.53. The Hall–Kier alpha value is -1.34. The van der Waals surface area contributed by atoms with Gasteiger partial charge in [0.05, 0.1) is 19.7 Å². The Morgan fingerprint density at radius 1 is 1.13 bits per heavy atom. The maximum Gasteiger partial charge on any atom is 0.242 e. The van der Waals surface area contributed by atoms with Gasteiger partial charge in [0, 0.05) is 46.9 Å². The summed E-state index contributed by atoms with van der Waals surface area (Å²) in [4.78, 5) is 22.7. The summed E-state index contributed by atoms with van der Waals surface area (Å²) in [5.41, 5.74) is 0. The highest BCUT2D eigenvalue weighted by Crippen LogP contribution is 1.94. The van der Waals surface area contributed by atoms with Crippen LogP contribution in [0.1, 0.15) is 20.8 Å². The summed E-state index contributed by atoms with van der Waals surface area (Å²) in [6.45, 7) is 11.8. The van der Waals surface area contributed by atoms with Crippen LogP contribution in [0.2, 0.25) is 0 Å². The van der Waals surface area contributed by atoms with E-state index in [0.717, 1.165) is 45.3 Å². The van der Waals surface area contributed by atoms with Crippen molar-refractivity contribution in [3.8, 4) is 0 Å². The number of carbonyl (C=O) groups excluding carboxylic acids is 1. The quantitative estimate of drug-likeness (QED) is 0.437. The molecule has 7 heteroatoms. The standard InChI is InChI=1S/C16H35N5O2/c1-7-17-16(18-10-11-19(4)12-13-23-6)20(5)14-15(22)21(8-2)9-3/h7-14H2,1-6H3,(H,17,18). The van der Waals surface area contributed by atoms with Crippen LogP contribution in [0, 0.1) is 0 Å². The van der Waals surface area contributed by atoms with Gasteiger partial charge in [0.25, 0.3) is 0 Å². The maximum absolute atomic E-state index is 12.2. The number of nitrogens with zero attached hydrogens (tertiary/aromatic N) is 4. The SMILES string of the molecule is CCNC(=NCCN(C)CCOC)N(C)CC(=O)N(CC)CC. The van der Waals surface area contributed by atoms with Gasteiger partial charge in [0.2, 0.25) is 5.91 Å². The molecule has 0 aromatic carbocycles. The normalized spacial score (nSPS) is 11.7. The van der Waals surface area contributed by atoms with Crippen molar-refractivity contribution in [2.45, 2.75) is 20.8 Å². The van der Waals surface area contributed by atoms with Crippen LogP contribution < -0.4 is 5.32 Å². The molecule has 136 valence electrons. The Kier molecular flexibility index (Phi) is 12.4. The van der Waals surface area contributed by atoms with Crippen molar-refractivity contribution in [3.05, 3.63) is 0 Å². The van der Waals surface area contributed by atoms with E-state index in [9.17, 15) is 4.79 Å². The number of amides is 1. The van der Waals surface area contributed by atoms with Gasteiger partial charge in [-0.25, -0.2) is 0 Å². The summed E-state index contributed by atoms with van der Waals surface area (Å²) < 4.78 is 5.06. The zero-order valence-electron chi connectivity index (χ0n) is 15.8. The lowest BCUT2D eigenvalue weighted by molar-refractivity contribution is -0.131. The smallest absolute Gasteiger partial charge is 0.242 e. The maximum atomic E-state index is 12.2. The van der Waals surface area contributed by atoms with Crippen LogP contribution in [0.4, 0.5) is 0 Å². The first kappa shape index (κ1) is 21.7. The lowest BCUT2D eigenvalue weighted by Crippen LogP contribution is -2.45. The van der Waals surface area contributed by atoms with E-state index in [0.29, 0.717) is 13.1 Å². The number of guanidine groups is 1. The summed E-state index contributed by atoms with van der Waals surface area (Å²) in [5.74, 6) is 0.897. The summed E-state index contributed by atoms with van der Waals surface area (Å²) in [7, 11) is 5.66. The van der Waals surface area contributed by atoms with E-state index in [2.05, 4.69) is 22.3 Å². The first-order chi connectivity index (χ1) is 11.0. The van der Waals surface area contributed by atoms with E-state index < -0.39 is 0 Å². The molecule has 0 aliphatic heterocycles. The molecule has 0 saturated heterocycles. The molecule has 0 rings (SSSR count). The van der Waals surface area contributed by atoms with Gasteiger partial charge < -0.3 is 24.8 Å². The van der Waals surface area contributed by atoms with Crippen molar-refractivity contribution >= 4 is 11.9 Å². The van der Waals surface area contributed by atoms with Crippen LogP contribution in [-0.2, 0) is 9.53 Å². The van der Waals surface area contributed by atoms with Gasteiger partial charge in [-0.05, 0) is 27.8 Å². The van der Waals surface area contributed by atoms with Crippen molar-refractivity contribution in [2.24, 2.45) is 4.99 Å². The fourth-order valence-corrected chi connectivity index (χ4v) is 2.11. The summed E-state index contributed by atoms with van der Waals surface area (Å²) in [5, 5.41) is 3.24. The third-order valence-electron chi connectivity index (χ3n) is 3.61. The predicted octanol–water partition coefficient (Wildman–Crippen LogP) is 0.330. The summed E-state index contributed by atoms with van der Waals surface area (Å²) in [6.07, 6.45) is 0. The summed E-state index contributed by atoms with van der Waals surface area (Å²) in [6, 6.07) is 0. The molecule has 0 aliphatic rings. The van der Waals surface area contributed by atoms with Gasteiger partial charge in [-0.3, -0.25) is 9.79 Å². The number of carbonyl (C=O) groups is 1. The topological polar surface area (TPSA) is 60.4 Å². The number of hydrogen-bond donors (Lipinski definition) is 1. The first-order valence-corrected chi connectivity index (χ1v) is 8.44. The molecule has 0 spiro atoms. The second kappa shape index (κ2) is 13.1. The minimum Gasteiger partial charge on any atom is -0.383 e. The molecular weight excluding hydrogens is 294 g/mol. The molecule has 0 heterocycles. The number of ether oxygens (including phenoxy) is 1. The molecule has 0 aliphatic carbocycles. The number of rotatable bonds is 11. The highest BCUT2D eigenvalue weighted by atomic mass is 16.5. The molecule has 0 aromatic rings. The summed E-state index contributed by atoms with van der Waals surface area (Å²) >= 11 is 0. The van der Waals surface area contributed by atoms with E-state index in [4.69, 9.17) is 4.74 Å². The molecule has 0 saturated carbocycles. The van der Waals surface area contributed by atoms with Crippen LogP contribution in [0.5, 0.6) is 0 Å². The molecule has 23 heavy (non-hydrogen) atoms. The fraction of sp³-hybridized carbons (Fsp3) is 0.875. The Balaban J connectivity index is 4.51. The van der Waals surface area contributed by atoms with E-state index in [1.54, 1.807) is 7.11 Å². The molecule has 0 unspecified atom stereocenters. The second-order valence-electron chi connectivity index (χ2n) is 5.45. The van der Waals surface area contributed by atoms with Crippen LogP contribution in [0.15, 0.2) is 4.99 Å². The monoisotopic (exact) mass is 329 g/mol. The Morgan fingerprint density at radius 3 is 2.30 bits per heavy atom. The Bertz CT molecular complexity index is 345. The van der Waals surface area contributed by atoms with E-state index in [1.807, 2.05) is 37.6 Å². The molecule has 1 amide bonds. The number of hydrogen-bond acceptors (Lipinski definition) is 4. The van der Waals surface area contributed by atoms with Gasteiger partial charge in [-0.1, -0.05) is 0 Å². The number of nitrogens with one attached hydrogen (secondary N) is 1. The molecule has 1 N–H and O–H groups in total. The molecule has 0 radical (unpaired) electrons.